The van der Waals surface area contributed by atoms with Crippen molar-refractivity contribution in [1.82, 2.24) is 5.23 Å². The minimum atomic E-state index is -0.590. The highest BCUT2D eigenvalue weighted by atomic mass is 17.0. The maximum atomic E-state index is 9.67. The quantitative estimate of drug-likeness (QED) is 0.400. The van der Waals surface area contributed by atoms with E-state index in [4.69, 9.17) is 0 Å². The smallest absolute Gasteiger partial charge is 0.419 e. The predicted octanol–water partition coefficient (Wildman–Crippen LogP) is -0.159. The molecule has 5 nitrogen and oxygen atoms in total. The number of hydrogen-bond donors (Lipinski definition) is 0. The van der Waals surface area contributed by atoms with E-state index in [-0.39, 0.29) is 0 Å². The molecule has 0 aromatic heterocycles. The van der Waals surface area contributed by atoms with E-state index in [1.54, 1.807) is 6.92 Å². The summed E-state index contributed by atoms with van der Waals surface area (Å²) in [5, 5.41) is 1.02. The van der Waals surface area contributed by atoms with Crippen LogP contribution in [0.4, 0.5) is 0 Å². The summed E-state index contributed by atoms with van der Waals surface area (Å²) < 4.78 is 4.36. The fraction of sp³-hybridized carbons (Fsp3) is 0.800. The van der Waals surface area contributed by atoms with Crippen molar-refractivity contribution in [3.8, 4) is 0 Å². The first-order valence-corrected chi connectivity index (χ1v) is 2.66. The number of rotatable bonds is 5. The van der Waals surface area contributed by atoms with E-state index in [1.165, 1.54) is 20.7 Å². The van der Waals surface area contributed by atoms with Crippen LogP contribution >= 0.6 is 0 Å². The summed E-state index contributed by atoms with van der Waals surface area (Å²) in [6.07, 6.45) is -0.590. The molecule has 0 rings (SSSR count). The zero-order valence-electron chi connectivity index (χ0n) is 6.16. The number of hydroxylamine groups is 2. The predicted molar refractivity (Wildman–Crippen MR) is 32.1 cm³/mol. The van der Waals surface area contributed by atoms with Gasteiger partial charge in [0.05, 0.1) is 14.2 Å². The lowest BCUT2D eigenvalue weighted by molar-refractivity contribution is -0.390. The van der Waals surface area contributed by atoms with E-state index in [0.29, 0.717) is 0 Å². The summed E-state index contributed by atoms with van der Waals surface area (Å²) in [6.45, 7) is 2.85. The first-order chi connectivity index (χ1) is 4.76. The Balaban J connectivity index is 3.63. The first-order valence-electron chi connectivity index (χ1n) is 2.66. The monoisotopic (exact) mass is 148 g/mol. The van der Waals surface area contributed by atoms with Crippen molar-refractivity contribution in [2.45, 2.75) is 13.2 Å². The second kappa shape index (κ2) is 5.16. The van der Waals surface area contributed by atoms with Gasteiger partial charge >= 0.3 is 6.47 Å². The lowest BCUT2D eigenvalue weighted by atomic mass is 10.7. The molecule has 0 fully saturated rings. The van der Waals surface area contributed by atoms with E-state index in [9.17, 15) is 4.79 Å². The fourth-order valence-electron chi connectivity index (χ4n) is 0.484. The molecule has 0 aromatic rings. The van der Waals surface area contributed by atoms with Crippen LogP contribution in [0.1, 0.15) is 6.92 Å². The van der Waals surface area contributed by atoms with Crippen molar-refractivity contribution >= 4 is 6.47 Å². The van der Waals surface area contributed by atoms with Crippen LogP contribution in [0.15, 0.2) is 0 Å². The fourth-order valence-corrected chi connectivity index (χ4v) is 0.484. The number of ether oxygens (including phenoxy) is 1. The van der Waals surface area contributed by atoms with Crippen LogP contribution in [0.3, 0.4) is 0 Å². The van der Waals surface area contributed by atoms with Crippen LogP contribution < -0.4 is 0 Å². The standard InChI is InChI=1S/C5H10NO4/c1-5(10-4-7)6(8-2)9-3/h5H,1-3H3. The van der Waals surface area contributed by atoms with Gasteiger partial charge in [-0.05, 0) is 12.2 Å². The molecule has 0 amide bonds. The van der Waals surface area contributed by atoms with Gasteiger partial charge in [-0.3, -0.25) is 9.68 Å². The molecule has 0 bridgehead atoms. The Morgan fingerprint density at radius 3 is 2.20 bits per heavy atom. The van der Waals surface area contributed by atoms with Gasteiger partial charge in [0.2, 0.25) is 6.23 Å². The topological polar surface area (TPSA) is 48.0 Å². The van der Waals surface area contributed by atoms with Gasteiger partial charge in [0.15, 0.2) is 0 Å². The molecule has 5 heteroatoms. The molecule has 0 spiro atoms. The normalized spacial score (nSPS) is 13.2. The van der Waals surface area contributed by atoms with Crippen LogP contribution in [-0.4, -0.2) is 32.1 Å². The molecule has 0 saturated heterocycles. The highest BCUT2D eigenvalue weighted by molar-refractivity contribution is 5.38. The Bertz CT molecular complexity index is 93.6. The number of carbonyl (C=O) groups excluding carboxylic acids is 1. The van der Waals surface area contributed by atoms with Crippen molar-refractivity contribution in [1.29, 1.82) is 0 Å². The molecular formula is C5H10NO4. The van der Waals surface area contributed by atoms with E-state index in [0.717, 1.165) is 5.23 Å². The third-order valence-corrected chi connectivity index (χ3v) is 0.875. The molecule has 0 saturated carbocycles. The summed E-state index contributed by atoms with van der Waals surface area (Å²) in [6, 6.07) is 0. The summed E-state index contributed by atoms with van der Waals surface area (Å²) in [7, 11) is 2.79. The summed E-state index contributed by atoms with van der Waals surface area (Å²) in [5.41, 5.74) is 0. The van der Waals surface area contributed by atoms with Gasteiger partial charge < -0.3 is 4.74 Å². The summed E-state index contributed by atoms with van der Waals surface area (Å²) in [4.78, 5) is 18.9. The van der Waals surface area contributed by atoms with E-state index in [2.05, 4.69) is 14.4 Å². The molecule has 0 heterocycles. The van der Waals surface area contributed by atoms with Crippen molar-refractivity contribution in [2.24, 2.45) is 0 Å². The van der Waals surface area contributed by atoms with Crippen LogP contribution in [-0.2, 0) is 19.2 Å². The average molecular weight is 148 g/mol. The molecule has 0 aliphatic carbocycles. The Morgan fingerprint density at radius 1 is 1.40 bits per heavy atom. The van der Waals surface area contributed by atoms with Gasteiger partial charge in [-0.25, -0.2) is 4.79 Å². The molecule has 0 N–H and O–H groups in total. The van der Waals surface area contributed by atoms with E-state index in [1.807, 2.05) is 0 Å². The minimum absolute atomic E-state index is 0.590. The number of nitrogens with zero attached hydrogens (tertiary/aromatic N) is 1. The molecule has 1 radical (unpaired) electrons. The molecular weight excluding hydrogens is 138 g/mol. The van der Waals surface area contributed by atoms with Gasteiger partial charge in [-0.1, -0.05) is 0 Å². The Labute approximate surface area is 59.4 Å². The highest BCUT2D eigenvalue weighted by Gasteiger charge is 2.12. The molecule has 1 unspecified atom stereocenters. The van der Waals surface area contributed by atoms with Crippen molar-refractivity contribution < 1.29 is 19.2 Å². The highest BCUT2D eigenvalue weighted by Crippen LogP contribution is 1.97. The molecule has 0 aliphatic rings. The third kappa shape index (κ3) is 2.77. The van der Waals surface area contributed by atoms with Crippen molar-refractivity contribution in [3.63, 3.8) is 0 Å². The Hall–Kier alpha value is -0.650. The van der Waals surface area contributed by atoms with Crippen LogP contribution in [0.5, 0.6) is 0 Å². The zero-order valence-corrected chi connectivity index (χ0v) is 6.16. The van der Waals surface area contributed by atoms with Gasteiger partial charge in [-0.15, -0.1) is 0 Å². The first kappa shape index (κ1) is 9.35. The van der Waals surface area contributed by atoms with E-state index < -0.39 is 6.23 Å². The summed E-state index contributed by atoms with van der Waals surface area (Å²) in [5.74, 6) is 0. The molecule has 0 aromatic carbocycles. The van der Waals surface area contributed by atoms with Gasteiger partial charge in [0.1, 0.15) is 0 Å². The molecule has 10 heavy (non-hydrogen) atoms. The molecule has 0 aliphatic heterocycles. The third-order valence-electron chi connectivity index (χ3n) is 0.875. The summed E-state index contributed by atoms with van der Waals surface area (Å²) >= 11 is 0. The SMILES string of the molecule is CON(OC)C(C)O[C]=O. The Kier molecular flexibility index (Phi) is 4.82. The second-order valence-corrected chi connectivity index (χ2v) is 1.45. The second-order valence-electron chi connectivity index (χ2n) is 1.45. The van der Waals surface area contributed by atoms with Gasteiger partial charge in [0.25, 0.3) is 0 Å². The largest absolute Gasteiger partial charge is 0.434 e. The molecule has 59 valence electrons. The van der Waals surface area contributed by atoms with Gasteiger partial charge in [0, 0.05) is 0 Å². The van der Waals surface area contributed by atoms with Gasteiger partial charge in [-0.2, -0.15) is 0 Å². The lowest BCUT2D eigenvalue weighted by Crippen LogP contribution is -2.32. The number of hydrogen-bond acceptors (Lipinski definition) is 5. The van der Waals surface area contributed by atoms with E-state index >= 15 is 0 Å². The van der Waals surface area contributed by atoms with Crippen molar-refractivity contribution in [2.75, 3.05) is 14.2 Å². The maximum absolute atomic E-state index is 9.67. The lowest BCUT2D eigenvalue weighted by Gasteiger charge is -2.20. The Morgan fingerprint density at radius 2 is 1.90 bits per heavy atom. The molecule has 1 atom stereocenters. The zero-order chi connectivity index (χ0) is 7.98. The van der Waals surface area contributed by atoms with Crippen LogP contribution in [0.25, 0.3) is 0 Å². The average Bonchev–Trinajstić information content (AvgIpc) is 1.91. The van der Waals surface area contributed by atoms with Crippen LogP contribution in [0, 0.1) is 0 Å². The minimum Gasteiger partial charge on any atom is -0.434 e. The van der Waals surface area contributed by atoms with Crippen molar-refractivity contribution in [3.05, 3.63) is 0 Å². The maximum Gasteiger partial charge on any atom is 0.419 e. The van der Waals surface area contributed by atoms with Crippen LogP contribution in [0.2, 0.25) is 0 Å².